The number of hydrogen-bond acceptors (Lipinski definition) is 4. The fourth-order valence-electron chi connectivity index (χ4n) is 1.33. The molecular weight excluding hydrogens is 216 g/mol. The van der Waals surface area contributed by atoms with Crippen LogP contribution in [0.3, 0.4) is 0 Å². The average Bonchev–Trinajstić information content (AvgIpc) is 1.99. The molecule has 1 rings (SSSR count). The van der Waals surface area contributed by atoms with Crippen molar-refractivity contribution in [3.05, 3.63) is 17.5 Å². The maximum absolute atomic E-state index is 9.58. The first-order chi connectivity index (χ1) is 6.87. The van der Waals surface area contributed by atoms with Gasteiger partial charge in [-0.1, -0.05) is 11.6 Å². The highest BCUT2D eigenvalue weighted by molar-refractivity contribution is 6.29. The molecule has 1 N–H and O–H groups in total. The van der Waals surface area contributed by atoms with Gasteiger partial charge in [0, 0.05) is 12.5 Å². The molecule has 0 aliphatic carbocycles. The Morgan fingerprint density at radius 1 is 1.53 bits per heavy atom. The van der Waals surface area contributed by atoms with Crippen LogP contribution in [0.1, 0.15) is 27.2 Å². The van der Waals surface area contributed by atoms with Crippen molar-refractivity contribution < 1.29 is 9.84 Å². The fraction of sp³-hybridized carbons (Fsp3) is 0.600. The van der Waals surface area contributed by atoms with E-state index in [4.69, 9.17) is 16.3 Å². The van der Waals surface area contributed by atoms with Crippen LogP contribution in [0.15, 0.2) is 12.4 Å². The summed E-state index contributed by atoms with van der Waals surface area (Å²) in [7, 11) is 0. The van der Waals surface area contributed by atoms with E-state index in [1.807, 2.05) is 6.92 Å². The minimum atomic E-state index is -0.754. The van der Waals surface area contributed by atoms with Gasteiger partial charge >= 0.3 is 0 Å². The van der Waals surface area contributed by atoms with E-state index < -0.39 is 5.60 Å². The zero-order valence-corrected chi connectivity index (χ0v) is 9.82. The molecule has 0 saturated carbocycles. The van der Waals surface area contributed by atoms with E-state index in [1.165, 1.54) is 6.33 Å². The lowest BCUT2D eigenvalue weighted by atomic mass is 10.0. The first-order valence-corrected chi connectivity index (χ1v) is 5.11. The summed E-state index contributed by atoms with van der Waals surface area (Å²) in [6, 6.07) is 1.54. The molecule has 0 aromatic carbocycles. The molecule has 0 spiro atoms. The van der Waals surface area contributed by atoms with Crippen LogP contribution in [0.25, 0.3) is 0 Å². The highest BCUT2D eigenvalue weighted by Gasteiger charge is 2.18. The Morgan fingerprint density at radius 2 is 2.20 bits per heavy atom. The molecule has 0 bridgehead atoms. The van der Waals surface area contributed by atoms with Gasteiger partial charge in [0.05, 0.1) is 5.60 Å². The minimum Gasteiger partial charge on any atom is -0.474 e. The van der Waals surface area contributed by atoms with E-state index >= 15 is 0 Å². The Morgan fingerprint density at radius 3 is 2.73 bits per heavy atom. The number of nitrogens with zero attached hydrogens (tertiary/aromatic N) is 2. The molecule has 1 aromatic rings. The number of aromatic nitrogens is 2. The van der Waals surface area contributed by atoms with E-state index in [1.54, 1.807) is 19.9 Å². The van der Waals surface area contributed by atoms with Gasteiger partial charge in [-0.05, 0) is 20.8 Å². The molecule has 4 nitrogen and oxygen atoms in total. The molecule has 15 heavy (non-hydrogen) atoms. The smallest absolute Gasteiger partial charge is 0.218 e. The third-order valence-corrected chi connectivity index (χ3v) is 1.92. The maximum atomic E-state index is 9.58. The van der Waals surface area contributed by atoms with Crippen molar-refractivity contribution in [3.63, 3.8) is 0 Å². The van der Waals surface area contributed by atoms with Crippen LogP contribution in [-0.2, 0) is 0 Å². The van der Waals surface area contributed by atoms with Crippen molar-refractivity contribution in [3.8, 4) is 5.88 Å². The molecule has 5 heteroatoms. The first kappa shape index (κ1) is 12.2. The summed E-state index contributed by atoms with van der Waals surface area (Å²) < 4.78 is 5.48. The second-order valence-electron chi connectivity index (χ2n) is 4.12. The van der Waals surface area contributed by atoms with Crippen LogP contribution in [0.4, 0.5) is 0 Å². The van der Waals surface area contributed by atoms with Gasteiger partial charge in [-0.3, -0.25) is 0 Å². The van der Waals surface area contributed by atoms with Crippen LogP contribution in [-0.4, -0.2) is 26.8 Å². The number of hydrogen-bond donors (Lipinski definition) is 1. The molecule has 0 amide bonds. The fourth-order valence-corrected chi connectivity index (χ4v) is 1.47. The maximum Gasteiger partial charge on any atom is 0.218 e. The Kier molecular flexibility index (Phi) is 3.88. The molecule has 84 valence electrons. The van der Waals surface area contributed by atoms with E-state index in [2.05, 4.69) is 9.97 Å². The summed E-state index contributed by atoms with van der Waals surface area (Å²) in [5.74, 6) is 0.423. The Bertz CT molecular complexity index is 325. The molecule has 0 fully saturated rings. The normalized spacial score (nSPS) is 13.7. The second kappa shape index (κ2) is 4.77. The van der Waals surface area contributed by atoms with Crippen molar-refractivity contribution in [1.29, 1.82) is 0 Å². The van der Waals surface area contributed by atoms with Gasteiger partial charge in [0.15, 0.2) is 0 Å². The third kappa shape index (κ3) is 4.95. The molecule has 1 unspecified atom stereocenters. The quantitative estimate of drug-likeness (QED) is 0.805. The largest absolute Gasteiger partial charge is 0.474 e. The molecular formula is C10H15ClN2O2. The van der Waals surface area contributed by atoms with Gasteiger partial charge in [0.2, 0.25) is 5.88 Å². The Balaban J connectivity index is 2.55. The summed E-state index contributed by atoms with van der Waals surface area (Å²) in [5.41, 5.74) is -0.754. The summed E-state index contributed by atoms with van der Waals surface area (Å²) in [5, 5.41) is 9.92. The van der Waals surface area contributed by atoms with Crippen molar-refractivity contribution >= 4 is 11.6 Å². The Labute approximate surface area is 94.3 Å². The van der Waals surface area contributed by atoms with Crippen LogP contribution in [0.5, 0.6) is 5.88 Å². The lowest BCUT2D eigenvalue weighted by Gasteiger charge is -2.22. The van der Waals surface area contributed by atoms with Crippen LogP contribution in [0.2, 0.25) is 5.15 Å². The number of rotatable bonds is 4. The van der Waals surface area contributed by atoms with E-state index in [0.717, 1.165) is 0 Å². The van der Waals surface area contributed by atoms with E-state index in [0.29, 0.717) is 17.5 Å². The molecule has 1 heterocycles. The Hall–Kier alpha value is -0.870. The van der Waals surface area contributed by atoms with Gasteiger partial charge < -0.3 is 9.84 Å². The molecule has 0 saturated heterocycles. The molecule has 0 aliphatic rings. The molecule has 1 aromatic heterocycles. The van der Waals surface area contributed by atoms with Gasteiger partial charge in [0.1, 0.15) is 17.6 Å². The van der Waals surface area contributed by atoms with Crippen molar-refractivity contribution in [2.75, 3.05) is 0 Å². The second-order valence-corrected chi connectivity index (χ2v) is 4.51. The summed E-state index contributed by atoms with van der Waals surface area (Å²) >= 11 is 5.68. The average molecular weight is 231 g/mol. The van der Waals surface area contributed by atoms with Gasteiger partial charge in [0.25, 0.3) is 0 Å². The monoisotopic (exact) mass is 230 g/mol. The predicted molar refractivity (Wildman–Crippen MR) is 58.0 cm³/mol. The summed E-state index contributed by atoms with van der Waals surface area (Å²) in [4.78, 5) is 7.66. The number of halogens is 1. The molecule has 1 atom stereocenters. The van der Waals surface area contributed by atoms with Gasteiger partial charge in [-0.25, -0.2) is 9.97 Å². The van der Waals surface area contributed by atoms with Crippen LogP contribution < -0.4 is 4.74 Å². The van der Waals surface area contributed by atoms with Gasteiger partial charge in [-0.15, -0.1) is 0 Å². The van der Waals surface area contributed by atoms with Gasteiger partial charge in [-0.2, -0.15) is 0 Å². The molecule has 0 aliphatic heterocycles. The minimum absolute atomic E-state index is 0.129. The lowest BCUT2D eigenvalue weighted by Crippen LogP contribution is -2.28. The van der Waals surface area contributed by atoms with Crippen molar-refractivity contribution in [2.24, 2.45) is 0 Å². The molecule has 0 radical (unpaired) electrons. The third-order valence-electron chi connectivity index (χ3n) is 1.72. The summed E-state index contributed by atoms with van der Waals surface area (Å²) in [6.07, 6.45) is 1.74. The SMILES string of the molecule is CC(CC(C)(C)O)Oc1cc(Cl)ncn1. The first-order valence-electron chi connectivity index (χ1n) is 4.73. The standard InChI is InChI=1S/C10H15ClN2O2/c1-7(5-10(2,3)14)15-9-4-8(11)12-6-13-9/h4,6-7,14H,5H2,1-3H3. The highest BCUT2D eigenvalue weighted by atomic mass is 35.5. The number of ether oxygens (including phenoxy) is 1. The van der Waals surface area contributed by atoms with E-state index in [-0.39, 0.29) is 6.10 Å². The number of aliphatic hydroxyl groups is 1. The topological polar surface area (TPSA) is 55.2 Å². The van der Waals surface area contributed by atoms with Crippen molar-refractivity contribution in [2.45, 2.75) is 38.9 Å². The predicted octanol–water partition coefficient (Wildman–Crippen LogP) is 2.06. The summed E-state index contributed by atoms with van der Waals surface area (Å²) in [6.45, 7) is 5.34. The lowest BCUT2D eigenvalue weighted by molar-refractivity contribution is 0.0311. The zero-order chi connectivity index (χ0) is 11.5. The van der Waals surface area contributed by atoms with Crippen LogP contribution >= 0.6 is 11.6 Å². The van der Waals surface area contributed by atoms with Crippen LogP contribution in [0, 0.1) is 0 Å². The highest BCUT2D eigenvalue weighted by Crippen LogP contribution is 2.17. The van der Waals surface area contributed by atoms with E-state index in [9.17, 15) is 5.11 Å². The zero-order valence-electron chi connectivity index (χ0n) is 9.07. The van der Waals surface area contributed by atoms with Crippen molar-refractivity contribution in [1.82, 2.24) is 9.97 Å².